The number of thiazole rings is 1. The summed E-state index contributed by atoms with van der Waals surface area (Å²) in [5, 5.41) is 6.36. The molecule has 0 spiro atoms. The molecule has 0 fully saturated rings. The van der Waals surface area contributed by atoms with E-state index in [0.29, 0.717) is 22.7 Å². The van der Waals surface area contributed by atoms with Crippen LogP contribution in [0.1, 0.15) is 40.1 Å². The third-order valence-electron chi connectivity index (χ3n) is 3.23. The van der Waals surface area contributed by atoms with Gasteiger partial charge in [-0.25, -0.2) is 9.37 Å². The van der Waals surface area contributed by atoms with Crippen molar-refractivity contribution in [3.8, 4) is 0 Å². The molecule has 0 atom stereocenters. The van der Waals surface area contributed by atoms with Gasteiger partial charge in [-0.2, -0.15) is 0 Å². The SMILES string of the molecule is CC(C)c1nc(CNC(=O)c2cc3c(F)cccc3s2)cs1. The molecular formula is C16H15FN2OS2. The summed E-state index contributed by atoms with van der Waals surface area (Å²) in [6.07, 6.45) is 0. The largest absolute Gasteiger partial charge is 0.346 e. The highest BCUT2D eigenvalue weighted by Gasteiger charge is 2.13. The van der Waals surface area contributed by atoms with Crippen molar-refractivity contribution in [2.45, 2.75) is 26.3 Å². The number of hydrogen-bond acceptors (Lipinski definition) is 4. The van der Waals surface area contributed by atoms with E-state index in [1.54, 1.807) is 23.5 Å². The monoisotopic (exact) mass is 334 g/mol. The predicted octanol–water partition coefficient (Wildman–Crippen LogP) is 4.55. The molecule has 1 aromatic carbocycles. The first-order valence-electron chi connectivity index (χ1n) is 6.95. The summed E-state index contributed by atoms with van der Waals surface area (Å²) in [7, 11) is 0. The standard InChI is InChI=1S/C16H15FN2OS2/c1-9(2)16-19-10(8-21-16)7-18-15(20)14-6-11-12(17)4-3-5-13(11)22-14/h3-6,8-9H,7H2,1-2H3,(H,18,20). The molecule has 0 radical (unpaired) electrons. The van der Waals surface area contributed by atoms with Crippen LogP contribution < -0.4 is 5.32 Å². The van der Waals surface area contributed by atoms with Crippen LogP contribution in [0.2, 0.25) is 0 Å². The predicted molar refractivity (Wildman–Crippen MR) is 89.2 cm³/mol. The van der Waals surface area contributed by atoms with Crippen LogP contribution in [0.3, 0.4) is 0 Å². The van der Waals surface area contributed by atoms with Crippen molar-refractivity contribution < 1.29 is 9.18 Å². The molecule has 3 aromatic rings. The number of rotatable bonds is 4. The average molecular weight is 334 g/mol. The van der Waals surface area contributed by atoms with Gasteiger partial charge in [-0.15, -0.1) is 22.7 Å². The summed E-state index contributed by atoms with van der Waals surface area (Å²) in [4.78, 5) is 17.2. The van der Waals surface area contributed by atoms with Crippen molar-refractivity contribution in [3.63, 3.8) is 0 Å². The fourth-order valence-corrected chi connectivity index (χ4v) is 3.89. The summed E-state index contributed by atoms with van der Waals surface area (Å²) in [5.74, 6) is -0.103. The van der Waals surface area contributed by atoms with Crippen molar-refractivity contribution in [3.05, 3.63) is 51.0 Å². The van der Waals surface area contributed by atoms with Gasteiger partial charge in [0.2, 0.25) is 0 Å². The number of carbonyl (C=O) groups excluding carboxylic acids is 1. The van der Waals surface area contributed by atoms with Crippen molar-refractivity contribution in [1.82, 2.24) is 10.3 Å². The van der Waals surface area contributed by atoms with E-state index in [4.69, 9.17) is 0 Å². The number of nitrogens with zero attached hydrogens (tertiary/aromatic N) is 1. The molecule has 0 aliphatic carbocycles. The molecule has 3 rings (SSSR count). The van der Waals surface area contributed by atoms with Crippen LogP contribution in [-0.4, -0.2) is 10.9 Å². The van der Waals surface area contributed by atoms with Crippen molar-refractivity contribution in [1.29, 1.82) is 0 Å². The Morgan fingerprint density at radius 3 is 2.91 bits per heavy atom. The zero-order valence-electron chi connectivity index (χ0n) is 12.2. The van der Waals surface area contributed by atoms with Gasteiger partial charge in [0, 0.05) is 21.4 Å². The summed E-state index contributed by atoms with van der Waals surface area (Å²) in [5.41, 5.74) is 0.856. The number of hydrogen-bond donors (Lipinski definition) is 1. The Bertz CT molecular complexity index is 823. The third kappa shape index (κ3) is 3.03. The third-order valence-corrected chi connectivity index (χ3v) is 5.52. The molecule has 6 heteroatoms. The lowest BCUT2D eigenvalue weighted by atomic mass is 10.2. The lowest BCUT2D eigenvalue weighted by molar-refractivity contribution is 0.0954. The molecule has 2 aromatic heterocycles. The molecule has 3 nitrogen and oxygen atoms in total. The van der Waals surface area contributed by atoms with Crippen LogP contribution in [0.4, 0.5) is 4.39 Å². The summed E-state index contributed by atoms with van der Waals surface area (Å²) < 4.78 is 14.4. The van der Waals surface area contributed by atoms with Gasteiger partial charge in [0.15, 0.2) is 0 Å². The van der Waals surface area contributed by atoms with Gasteiger partial charge < -0.3 is 5.32 Å². The number of nitrogens with one attached hydrogen (secondary N) is 1. The smallest absolute Gasteiger partial charge is 0.261 e. The highest BCUT2D eigenvalue weighted by atomic mass is 32.1. The molecule has 114 valence electrons. The number of aromatic nitrogens is 1. The van der Waals surface area contributed by atoms with Gasteiger partial charge in [-0.1, -0.05) is 19.9 Å². The number of thiophene rings is 1. The fourth-order valence-electron chi connectivity index (χ4n) is 2.06. The van der Waals surface area contributed by atoms with E-state index in [-0.39, 0.29) is 11.7 Å². The molecular weight excluding hydrogens is 319 g/mol. The number of fused-ring (bicyclic) bond motifs is 1. The highest BCUT2D eigenvalue weighted by Crippen LogP contribution is 2.27. The van der Waals surface area contributed by atoms with Crippen molar-refractivity contribution in [2.24, 2.45) is 0 Å². The summed E-state index contributed by atoms with van der Waals surface area (Å²) in [6.45, 7) is 4.57. The second kappa shape index (κ2) is 6.14. The Morgan fingerprint density at radius 1 is 1.41 bits per heavy atom. The van der Waals surface area contributed by atoms with E-state index < -0.39 is 0 Å². The lowest BCUT2D eigenvalue weighted by Crippen LogP contribution is -2.21. The minimum Gasteiger partial charge on any atom is -0.346 e. The lowest BCUT2D eigenvalue weighted by Gasteiger charge is -2.01. The molecule has 0 saturated heterocycles. The van der Waals surface area contributed by atoms with Crippen LogP contribution in [0.15, 0.2) is 29.6 Å². The minimum absolute atomic E-state index is 0.195. The maximum absolute atomic E-state index is 13.7. The maximum atomic E-state index is 13.7. The molecule has 0 unspecified atom stereocenters. The molecule has 2 heterocycles. The van der Waals surface area contributed by atoms with Gasteiger partial charge >= 0.3 is 0 Å². The summed E-state index contributed by atoms with van der Waals surface area (Å²) in [6, 6.07) is 6.47. The zero-order valence-corrected chi connectivity index (χ0v) is 13.9. The Balaban J connectivity index is 1.71. The number of amides is 1. The van der Waals surface area contributed by atoms with E-state index in [9.17, 15) is 9.18 Å². The van der Waals surface area contributed by atoms with Gasteiger partial charge in [-0.05, 0) is 18.2 Å². The number of halogens is 1. The number of carbonyl (C=O) groups is 1. The van der Waals surface area contributed by atoms with Gasteiger partial charge in [-0.3, -0.25) is 4.79 Å². The van der Waals surface area contributed by atoms with E-state index in [0.717, 1.165) is 15.4 Å². The first-order valence-corrected chi connectivity index (χ1v) is 8.65. The normalized spacial score (nSPS) is 11.3. The first-order chi connectivity index (χ1) is 10.5. The molecule has 1 amide bonds. The van der Waals surface area contributed by atoms with E-state index in [1.807, 2.05) is 11.4 Å². The van der Waals surface area contributed by atoms with Crippen LogP contribution in [0.5, 0.6) is 0 Å². The quantitative estimate of drug-likeness (QED) is 0.760. The van der Waals surface area contributed by atoms with E-state index >= 15 is 0 Å². The van der Waals surface area contributed by atoms with Crippen LogP contribution in [0.25, 0.3) is 10.1 Å². The van der Waals surface area contributed by atoms with E-state index in [1.165, 1.54) is 17.4 Å². The molecule has 1 N–H and O–H groups in total. The van der Waals surface area contributed by atoms with Crippen molar-refractivity contribution in [2.75, 3.05) is 0 Å². The molecule has 22 heavy (non-hydrogen) atoms. The molecule has 0 bridgehead atoms. The average Bonchev–Trinajstić information content (AvgIpc) is 3.12. The van der Waals surface area contributed by atoms with Crippen LogP contribution in [0, 0.1) is 5.82 Å². The van der Waals surface area contributed by atoms with Gasteiger partial charge in [0.25, 0.3) is 5.91 Å². The van der Waals surface area contributed by atoms with Crippen LogP contribution >= 0.6 is 22.7 Å². The molecule has 0 saturated carbocycles. The van der Waals surface area contributed by atoms with Crippen molar-refractivity contribution >= 4 is 38.7 Å². The Labute approximate surface area is 135 Å². The molecule has 0 aliphatic heterocycles. The second-order valence-corrected chi connectivity index (χ2v) is 7.25. The second-order valence-electron chi connectivity index (χ2n) is 5.28. The topological polar surface area (TPSA) is 42.0 Å². The fraction of sp³-hybridized carbons (Fsp3) is 0.250. The number of benzene rings is 1. The minimum atomic E-state index is -0.297. The Morgan fingerprint density at radius 2 is 2.23 bits per heavy atom. The highest BCUT2D eigenvalue weighted by molar-refractivity contribution is 7.20. The Kier molecular flexibility index (Phi) is 4.22. The first kappa shape index (κ1) is 15.1. The Hall–Kier alpha value is -1.79. The van der Waals surface area contributed by atoms with E-state index in [2.05, 4.69) is 24.1 Å². The van der Waals surface area contributed by atoms with Gasteiger partial charge in [0.1, 0.15) is 5.82 Å². The zero-order chi connectivity index (χ0) is 15.7. The maximum Gasteiger partial charge on any atom is 0.261 e. The summed E-state index contributed by atoms with van der Waals surface area (Å²) >= 11 is 2.90. The van der Waals surface area contributed by atoms with Gasteiger partial charge in [0.05, 0.1) is 22.1 Å². The van der Waals surface area contributed by atoms with Crippen LogP contribution in [-0.2, 0) is 6.54 Å². The molecule has 0 aliphatic rings.